The van der Waals surface area contributed by atoms with Gasteiger partial charge in [-0.25, -0.2) is 13.6 Å². The third kappa shape index (κ3) is 12.5. The molecule has 4 heterocycles. The molecule has 1 spiro atoms. The van der Waals surface area contributed by atoms with Crippen LogP contribution in [0.2, 0.25) is 5.02 Å². The van der Waals surface area contributed by atoms with E-state index in [2.05, 4.69) is 53.1 Å². The van der Waals surface area contributed by atoms with Gasteiger partial charge in [0.2, 0.25) is 5.43 Å². The summed E-state index contributed by atoms with van der Waals surface area (Å²) in [7, 11) is 2.24. The van der Waals surface area contributed by atoms with Crippen LogP contribution in [0.15, 0.2) is 29.7 Å². The maximum atomic E-state index is 16.1. The Morgan fingerprint density at radius 3 is 2.18 bits per heavy atom. The molecule has 5 saturated carbocycles. The van der Waals surface area contributed by atoms with E-state index in [0.717, 1.165) is 122 Å². The van der Waals surface area contributed by atoms with Crippen molar-refractivity contribution in [3.05, 3.63) is 51.5 Å². The van der Waals surface area contributed by atoms with Crippen molar-refractivity contribution in [2.75, 3.05) is 30.8 Å². The highest BCUT2D eigenvalue weighted by atomic mass is 35.5. The third-order valence-electron chi connectivity index (χ3n) is 23.0. The van der Waals surface area contributed by atoms with Gasteiger partial charge in [0.15, 0.2) is 0 Å². The van der Waals surface area contributed by atoms with Crippen LogP contribution in [0.5, 0.6) is 0 Å². The number of rotatable bonds is 26. The molecule has 2 N–H and O–H groups in total. The van der Waals surface area contributed by atoms with Crippen LogP contribution in [0.1, 0.15) is 224 Å². The van der Waals surface area contributed by atoms with Gasteiger partial charge in [-0.05, 0) is 121 Å². The summed E-state index contributed by atoms with van der Waals surface area (Å²) < 4.78 is 52.0. The molecule has 8 fully saturated rings. The lowest BCUT2D eigenvalue weighted by molar-refractivity contribution is -0.212. The van der Waals surface area contributed by atoms with Gasteiger partial charge in [-0.3, -0.25) is 19.2 Å². The van der Waals surface area contributed by atoms with Crippen LogP contribution < -0.4 is 16.1 Å². The number of ketones is 1. The third-order valence-corrected chi connectivity index (χ3v) is 24.6. The van der Waals surface area contributed by atoms with Crippen molar-refractivity contribution in [2.45, 2.75) is 262 Å². The summed E-state index contributed by atoms with van der Waals surface area (Å²) in [6, 6.07) is 1.58. The number of nitrogens with zero attached hydrogens (tertiary/aromatic N) is 3. The molecule has 8 aliphatic rings. The van der Waals surface area contributed by atoms with Crippen LogP contribution in [0, 0.1) is 45.2 Å². The zero-order chi connectivity index (χ0) is 59.2. The second kappa shape index (κ2) is 25.7. The Morgan fingerprint density at radius 2 is 1.55 bits per heavy atom. The number of halogens is 3. The molecule has 7 unspecified atom stereocenters. The molecule has 3 aliphatic heterocycles. The van der Waals surface area contributed by atoms with E-state index in [1.165, 1.54) is 19.0 Å². The van der Waals surface area contributed by atoms with Crippen LogP contribution in [0.4, 0.5) is 14.5 Å². The van der Waals surface area contributed by atoms with Crippen molar-refractivity contribution in [2.24, 2.45) is 45.1 Å². The van der Waals surface area contributed by atoms with Crippen molar-refractivity contribution in [1.82, 2.24) is 9.47 Å². The Morgan fingerprint density at radius 1 is 0.904 bits per heavy atom. The van der Waals surface area contributed by atoms with Crippen LogP contribution in [-0.2, 0) is 28.6 Å². The number of anilines is 1. The lowest BCUT2D eigenvalue weighted by Gasteiger charge is -2.62. The van der Waals surface area contributed by atoms with E-state index >= 15 is 4.39 Å². The highest BCUT2D eigenvalue weighted by Gasteiger charge is 2.69. The van der Waals surface area contributed by atoms with Gasteiger partial charge in [-0.2, -0.15) is 0 Å². The van der Waals surface area contributed by atoms with Crippen LogP contribution in [-0.4, -0.2) is 107 Å². The summed E-state index contributed by atoms with van der Waals surface area (Å²) in [5.74, 6) is -1.55. The summed E-state index contributed by atoms with van der Waals surface area (Å²) in [5, 5.41) is 0.406. The van der Waals surface area contributed by atoms with Crippen molar-refractivity contribution in [3.63, 3.8) is 0 Å². The van der Waals surface area contributed by atoms with Gasteiger partial charge in [-0.15, -0.1) is 18.3 Å². The summed E-state index contributed by atoms with van der Waals surface area (Å²) in [5.41, 5.74) is 4.27. The van der Waals surface area contributed by atoms with Gasteiger partial charge >= 0.3 is 17.9 Å². The van der Waals surface area contributed by atoms with Gasteiger partial charge in [0.1, 0.15) is 41.6 Å². The predicted molar refractivity (Wildman–Crippen MR) is 326 cm³/mol. The number of ether oxygens (including phenoxy) is 3. The van der Waals surface area contributed by atoms with Gasteiger partial charge in [0.05, 0.1) is 33.4 Å². The molecule has 12 nitrogen and oxygen atoms in total. The lowest BCUT2D eigenvalue weighted by atomic mass is 9.44. The fraction of sp³-hybridized carbons (Fsp3) is 0.776. The molecule has 2 aromatic rings. The minimum Gasteiger partial charge on any atom is -0.461 e. The summed E-state index contributed by atoms with van der Waals surface area (Å²) >= 11 is 8.73. The zero-order valence-electron chi connectivity index (χ0n) is 50.8. The van der Waals surface area contributed by atoms with Gasteiger partial charge in [0.25, 0.3) is 0 Å². The van der Waals surface area contributed by atoms with E-state index in [1.807, 2.05) is 11.0 Å². The number of nitrogens with two attached hydrogens (primary N) is 1. The van der Waals surface area contributed by atoms with E-state index in [-0.39, 0.29) is 85.9 Å². The zero-order valence-corrected chi connectivity index (χ0v) is 52.4. The monoisotopic (exact) mass is 1190 g/mol. The van der Waals surface area contributed by atoms with Crippen molar-refractivity contribution >= 4 is 63.6 Å². The molecule has 16 heteroatoms. The number of fused-ring (bicyclic) bond motifs is 3. The lowest BCUT2D eigenvalue weighted by Crippen LogP contribution is -2.63. The Hall–Kier alpha value is -3.53. The number of alkyl halides is 1. The normalized spacial score (nSPS) is 34.6. The number of benzene rings is 1. The second-order valence-electron chi connectivity index (χ2n) is 28.1. The number of aromatic nitrogens is 1. The molecule has 460 valence electrons. The predicted octanol–water partition coefficient (Wildman–Crippen LogP) is 14.2. The van der Waals surface area contributed by atoms with Crippen LogP contribution in [0.25, 0.3) is 10.9 Å². The number of hydrogen-bond donors (Lipinski definition) is 1. The molecular weight excluding hydrogens is 1090 g/mol. The number of piperidine rings is 1. The van der Waals surface area contributed by atoms with Gasteiger partial charge in [-0.1, -0.05) is 110 Å². The quantitative estimate of drug-likeness (QED) is 0.0413. The molecule has 4 bridgehead atoms. The topological polar surface area (TPSA) is 150 Å². The molecule has 5 aliphatic carbocycles. The average molecular weight is 1190 g/mol. The first kappa shape index (κ1) is 62.5. The van der Waals surface area contributed by atoms with E-state index in [1.54, 1.807) is 16.3 Å². The summed E-state index contributed by atoms with van der Waals surface area (Å²) in [6.45, 7) is 16.3. The maximum Gasteiger partial charge on any atom is 0.343 e. The summed E-state index contributed by atoms with van der Waals surface area (Å²) in [4.78, 5) is 74.8. The number of thioether (sulfide) groups is 1. The first-order chi connectivity index (χ1) is 39.7. The first-order valence-corrected chi connectivity index (χ1v) is 33.9. The highest BCUT2D eigenvalue weighted by Crippen LogP contribution is 2.68. The fourth-order valence-corrected chi connectivity index (χ4v) is 18.8. The summed E-state index contributed by atoms with van der Waals surface area (Å²) in [6.07, 6.45) is 24.0. The smallest absolute Gasteiger partial charge is 0.343 e. The minimum atomic E-state index is -1.18. The molecule has 1 aromatic carbocycles. The van der Waals surface area contributed by atoms with Crippen molar-refractivity contribution < 1.29 is 42.2 Å². The first-order valence-electron chi connectivity index (χ1n) is 32.5. The maximum absolute atomic E-state index is 16.1. The molecule has 10 rings (SSSR count). The van der Waals surface area contributed by atoms with E-state index in [0.29, 0.717) is 74.7 Å². The fourth-order valence-electron chi connectivity index (χ4n) is 17.2. The number of hydrogen-bond acceptors (Lipinski definition) is 12. The van der Waals surface area contributed by atoms with E-state index < -0.39 is 58.6 Å². The number of pyridine rings is 1. The SMILES string of the molecule is C=C[C@@]1(C)C[C@H](OC(=O)CSC2CC3CCC(C2)N3C)[C@@]2(C)C(C)CCC3(CCC(=O)C32)[C@H](C)[C@H]1OC(=O)CCCCCCCCCCC(CCCCCC)OC(=O)c1cn(C2C[C@@H]2F)c2c(Cl)c(N3C[C@@H](N)C4(CC4)C3)c(F)cc2c1=O. The van der Waals surface area contributed by atoms with Crippen LogP contribution >= 0.6 is 23.4 Å². The number of carbonyl (C=O) groups is 4. The number of Topliss-reactive ketones (excluding diaryl/α,β-unsaturated/α-hetero) is 1. The number of esters is 3. The minimum absolute atomic E-state index is 0.0327. The largest absolute Gasteiger partial charge is 0.461 e. The van der Waals surface area contributed by atoms with Crippen molar-refractivity contribution in [3.8, 4) is 0 Å². The van der Waals surface area contributed by atoms with Crippen LogP contribution in [0.3, 0.4) is 0 Å². The molecule has 0 radical (unpaired) electrons. The Kier molecular flexibility index (Phi) is 19.3. The molecule has 83 heavy (non-hydrogen) atoms. The van der Waals surface area contributed by atoms with Gasteiger partial charge < -0.3 is 34.3 Å². The Balaban J connectivity index is 0.704. The Bertz CT molecular complexity index is 2780. The number of carbonyl (C=O) groups excluding carboxylic acids is 4. The molecular formula is C67H97ClF2N4O8S. The number of unbranched alkanes of at least 4 members (excludes halogenated alkanes) is 10. The average Bonchev–Trinajstić information content (AvgIpc) is 2.85. The second-order valence-corrected chi connectivity index (χ2v) is 29.8. The standard InChI is InChI=1S/C67H97ClF2N4O8S/c1-8-10-11-18-21-45(80-63(79)48-37-74(51-35-49(51)69)58-47(60(48)78)34-50(70)59(57(58)68)73-38-53(71)66(40-73)30-31-66)22-19-16-14-12-13-15-17-20-23-55(76)82-62-42(4)67-28-26-41(3)65(6,61(67)52(75)27-29-67)54(36-64(62,5)9-2)81-56(77)39-83-46-32-43-24-25-44(33-46)72(43)7/h9,34,37,41-46,49,51,53-54,61-62H,2,8,10-33,35-36,38-40,71H2,1,3-7H3/t41?,42-,43?,44?,45?,46?,49+,51?,53-,54+,61?,62-,64+,65-,67?/m1/s1. The molecule has 1 aromatic heterocycles. The molecule has 14 atom stereocenters. The molecule has 3 saturated heterocycles. The highest BCUT2D eigenvalue weighted by molar-refractivity contribution is 8.00. The van der Waals surface area contributed by atoms with Gasteiger partial charge in [0, 0.05) is 90.0 Å². The van der Waals surface area contributed by atoms with E-state index in [4.69, 9.17) is 31.5 Å². The Labute approximate surface area is 502 Å². The van der Waals surface area contributed by atoms with E-state index in [9.17, 15) is 28.4 Å². The van der Waals surface area contributed by atoms with Crippen molar-refractivity contribution in [1.29, 1.82) is 0 Å². The molecule has 0 amide bonds.